The monoisotopic (exact) mass is 523 g/mol. The van der Waals surface area contributed by atoms with Crippen LogP contribution in [0.15, 0.2) is 18.2 Å². The van der Waals surface area contributed by atoms with E-state index < -0.39 is 47.9 Å². The maximum atomic E-state index is 12.6. The van der Waals surface area contributed by atoms with Crippen molar-refractivity contribution in [1.29, 1.82) is 0 Å². The molecule has 0 saturated heterocycles. The van der Waals surface area contributed by atoms with Crippen LogP contribution in [0.5, 0.6) is 11.5 Å². The van der Waals surface area contributed by atoms with Gasteiger partial charge in [0.1, 0.15) is 23.9 Å². The van der Waals surface area contributed by atoms with Crippen LogP contribution >= 0.6 is 0 Å². The predicted octanol–water partition coefficient (Wildman–Crippen LogP) is 4.63. The first-order chi connectivity index (χ1) is 17.3. The van der Waals surface area contributed by atoms with Crippen LogP contribution in [-0.2, 0) is 35.0 Å². The van der Waals surface area contributed by atoms with Gasteiger partial charge in [-0.2, -0.15) is 0 Å². The largest absolute Gasteiger partial charge is 0.509 e. The summed E-state index contributed by atoms with van der Waals surface area (Å²) < 4.78 is 26.6. The van der Waals surface area contributed by atoms with Crippen molar-refractivity contribution in [2.45, 2.75) is 111 Å². The first kappa shape index (κ1) is 31.9. The number of hydrogen-bond acceptors (Lipinski definition) is 10. The average molecular weight is 524 g/mol. The predicted molar refractivity (Wildman–Crippen MR) is 136 cm³/mol. The Morgan fingerprint density at radius 2 is 1.41 bits per heavy atom. The lowest BCUT2D eigenvalue weighted by Gasteiger charge is -2.26. The molecule has 1 aromatic rings. The Morgan fingerprint density at radius 1 is 0.865 bits per heavy atom. The maximum Gasteiger partial charge on any atom is 0.509 e. The van der Waals surface area contributed by atoms with Crippen LogP contribution in [0, 0.1) is 0 Å². The van der Waals surface area contributed by atoms with E-state index in [9.17, 15) is 19.2 Å². The minimum atomic E-state index is -1.05. The molecule has 2 N–H and O–H groups in total. The second kappa shape index (κ2) is 15.2. The Balaban J connectivity index is 2.84. The summed E-state index contributed by atoms with van der Waals surface area (Å²) in [4.78, 5) is 48.6. The van der Waals surface area contributed by atoms with Crippen LogP contribution < -0.4 is 15.2 Å². The van der Waals surface area contributed by atoms with Crippen molar-refractivity contribution >= 4 is 24.1 Å². The van der Waals surface area contributed by atoms with Crippen LogP contribution in [-0.4, -0.2) is 47.9 Å². The highest BCUT2D eigenvalue weighted by Crippen LogP contribution is 2.30. The van der Waals surface area contributed by atoms with Gasteiger partial charge in [-0.15, -0.1) is 0 Å². The quantitative estimate of drug-likeness (QED) is 0.271. The molecule has 1 unspecified atom stereocenters. The molecule has 10 nitrogen and oxygen atoms in total. The summed E-state index contributed by atoms with van der Waals surface area (Å²) in [5.74, 6) is -1.44. The molecule has 0 amide bonds. The van der Waals surface area contributed by atoms with E-state index in [1.807, 2.05) is 20.8 Å². The Labute approximate surface area is 219 Å². The minimum Gasteiger partial charge on any atom is -0.458 e. The van der Waals surface area contributed by atoms with Crippen molar-refractivity contribution in [1.82, 2.24) is 0 Å². The molecule has 208 valence electrons. The van der Waals surface area contributed by atoms with Crippen LogP contribution in [0.3, 0.4) is 0 Å². The van der Waals surface area contributed by atoms with Crippen LogP contribution in [0.25, 0.3) is 0 Å². The fourth-order valence-electron chi connectivity index (χ4n) is 2.87. The molecule has 37 heavy (non-hydrogen) atoms. The summed E-state index contributed by atoms with van der Waals surface area (Å²) in [7, 11) is 0. The molecule has 0 spiro atoms. The average Bonchev–Trinajstić information content (AvgIpc) is 2.80. The van der Waals surface area contributed by atoms with Gasteiger partial charge in [0.05, 0.1) is 0 Å². The van der Waals surface area contributed by atoms with Gasteiger partial charge in [0.25, 0.3) is 0 Å². The standard InChI is InChI=1S/C27H41NO9/c1-8-11-23(29)35-21-14-13-19(16-22(21)36-24(30)12-9-2)15-20(28)25(31)33-17(4)18(5)34-26(32)37-27(6,7)10-3/h13-14,16-18,20H,8-12,15,28H2,1-7H3/t17-,18?,20-/m0/s1. The van der Waals surface area contributed by atoms with E-state index in [0.29, 0.717) is 24.8 Å². The molecule has 1 aromatic carbocycles. The first-order valence-electron chi connectivity index (χ1n) is 12.7. The Kier molecular flexibility index (Phi) is 13.1. The molecule has 0 aromatic heterocycles. The van der Waals surface area contributed by atoms with Crippen LogP contribution in [0.2, 0.25) is 0 Å². The number of ether oxygens (including phenoxy) is 5. The molecule has 0 saturated carbocycles. The van der Waals surface area contributed by atoms with Gasteiger partial charge < -0.3 is 29.4 Å². The van der Waals surface area contributed by atoms with E-state index in [0.717, 1.165) is 0 Å². The molecular weight excluding hydrogens is 482 g/mol. The first-order valence-corrected chi connectivity index (χ1v) is 12.7. The summed E-state index contributed by atoms with van der Waals surface area (Å²) >= 11 is 0. The van der Waals surface area contributed by atoms with Crippen molar-refractivity contribution in [3.8, 4) is 11.5 Å². The molecule has 0 radical (unpaired) electrons. The SMILES string of the molecule is CCCC(=O)Oc1ccc(C[C@H](N)C(=O)O[C@@H](C)C(C)OC(=O)OC(C)(C)CC)cc1OC(=O)CCC. The zero-order chi connectivity index (χ0) is 28.2. The molecular formula is C27H41NO9. The van der Waals surface area contributed by atoms with Gasteiger partial charge in [0.15, 0.2) is 11.5 Å². The summed E-state index contributed by atoms with van der Waals surface area (Å²) in [6.45, 7) is 12.3. The highest BCUT2D eigenvalue weighted by molar-refractivity contribution is 5.77. The number of carbonyl (C=O) groups excluding carboxylic acids is 4. The van der Waals surface area contributed by atoms with E-state index in [1.165, 1.54) is 12.1 Å². The van der Waals surface area contributed by atoms with E-state index in [-0.39, 0.29) is 30.8 Å². The lowest BCUT2D eigenvalue weighted by atomic mass is 10.1. The highest BCUT2D eigenvalue weighted by atomic mass is 16.7. The van der Waals surface area contributed by atoms with Crippen molar-refractivity contribution in [2.24, 2.45) is 5.73 Å². The zero-order valence-electron chi connectivity index (χ0n) is 23.0. The molecule has 1 rings (SSSR count). The second-order valence-corrected chi connectivity index (χ2v) is 9.47. The lowest BCUT2D eigenvalue weighted by Crippen LogP contribution is -2.40. The third-order valence-electron chi connectivity index (χ3n) is 5.58. The third kappa shape index (κ3) is 11.6. The van der Waals surface area contributed by atoms with Gasteiger partial charge >= 0.3 is 24.1 Å². The number of hydrogen-bond donors (Lipinski definition) is 1. The summed E-state index contributed by atoms with van der Waals surface area (Å²) in [6, 6.07) is 3.58. The number of esters is 3. The fraction of sp³-hybridized carbons (Fsp3) is 0.630. The van der Waals surface area contributed by atoms with E-state index in [4.69, 9.17) is 29.4 Å². The van der Waals surface area contributed by atoms with Gasteiger partial charge in [0.2, 0.25) is 0 Å². The fourth-order valence-corrected chi connectivity index (χ4v) is 2.87. The number of benzene rings is 1. The second-order valence-electron chi connectivity index (χ2n) is 9.47. The van der Waals surface area contributed by atoms with Crippen molar-refractivity contribution < 1.29 is 42.9 Å². The van der Waals surface area contributed by atoms with Gasteiger partial charge in [-0.1, -0.05) is 26.8 Å². The summed E-state index contributed by atoms with van der Waals surface area (Å²) in [6.07, 6.45) is -0.105. The molecule has 0 aliphatic heterocycles. The van der Waals surface area contributed by atoms with Crippen LogP contribution in [0.4, 0.5) is 4.79 Å². The van der Waals surface area contributed by atoms with E-state index in [2.05, 4.69) is 0 Å². The molecule has 0 bridgehead atoms. The van der Waals surface area contributed by atoms with Gasteiger partial charge in [-0.25, -0.2) is 4.79 Å². The van der Waals surface area contributed by atoms with Crippen molar-refractivity contribution in [3.05, 3.63) is 23.8 Å². The van der Waals surface area contributed by atoms with Gasteiger partial charge in [-0.05, 0) is 71.1 Å². The number of nitrogens with two attached hydrogens (primary N) is 1. The van der Waals surface area contributed by atoms with E-state index in [1.54, 1.807) is 33.8 Å². The van der Waals surface area contributed by atoms with Crippen molar-refractivity contribution in [3.63, 3.8) is 0 Å². The molecule has 10 heteroatoms. The molecule has 3 atom stereocenters. The molecule has 0 fully saturated rings. The smallest absolute Gasteiger partial charge is 0.458 e. The topological polar surface area (TPSA) is 140 Å². The Hall–Kier alpha value is -3.14. The zero-order valence-corrected chi connectivity index (χ0v) is 23.0. The normalized spacial score (nSPS) is 13.6. The van der Waals surface area contributed by atoms with Crippen LogP contribution in [0.1, 0.15) is 86.1 Å². The Bertz CT molecular complexity index is 928. The molecule has 0 aliphatic rings. The summed E-state index contributed by atoms with van der Waals surface area (Å²) in [5, 5.41) is 0. The van der Waals surface area contributed by atoms with E-state index >= 15 is 0 Å². The third-order valence-corrected chi connectivity index (χ3v) is 5.58. The lowest BCUT2D eigenvalue weighted by molar-refractivity contribution is -0.156. The Morgan fingerprint density at radius 3 is 1.95 bits per heavy atom. The molecule has 0 aliphatic carbocycles. The van der Waals surface area contributed by atoms with Crippen molar-refractivity contribution in [2.75, 3.05) is 0 Å². The number of rotatable bonds is 14. The number of carbonyl (C=O) groups is 4. The highest BCUT2D eigenvalue weighted by Gasteiger charge is 2.28. The molecule has 0 heterocycles. The maximum absolute atomic E-state index is 12.6. The van der Waals surface area contributed by atoms with Gasteiger partial charge in [0, 0.05) is 12.8 Å². The summed E-state index contributed by atoms with van der Waals surface area (Å²) in [5.41, 5.74) is 5.95. The minimum absolute atomic E-state index is 0.0645. The van der Waals surface area contributed by atoms with Gasteiger partial charge in [-0.3, -0.25) is 14.4 Å².